The summed E-state index contributed by atoms with van der Waals surface area (Å²) in [4.78, 5) is 28.7. The fraction of sp³-hybridized carbons (Fsp3) is 0.556. The number of nitrogens with zero attached hydrogens (tertiary/aromatic N) is 2. The molecule has 1 fully saturated rings. The van der Waals surface area contributed by atoms with Crippen LogP contribution in [0.2, 0.25) is 0 Å². The molecule has 1 unspecified atom stereocenters. The number of benzene rings is 1. The van der Waals surface area contributed by atoms with Gasteiger partial charge < -0.3 is 9.80 Å². The van der Waals surface area contributed by atoms with E-state index in [4.69, 9.17) is 0 Å². The first-order valence-corrected chi connectivity index (χ1v) is 8.09. The van der Waals surface area contributed by atoms with Gasteiger partial charge in [0, 0.05) is 31.0 Å². The van der Waals surface area contributed by atoms with E-state index in [1.807, 2.05) is 49.3 Å². The molecular formula is C18H26N2O2. The van der Waals surface area contributed by atoms with Gasteiger partial charge in [-0.1, -0.05) is 18.2 Å². The van der Waals surface area contributed by atoms with Gasteiger partial charge in [-0.2, -0.15) is 0 Å². The molecule has 0 radical (unpaired) electrons. The van der Waals surface area contributed by atoms with Gasteiger partial charge in [-0.3, -0.25) is 9.59 Å². The maximum atomic E-state index is 12.5. The molecule has 1 atom stereocenters. The highest BCUT2D eigenvalue weighted by molar-refractivity contribution is 5.94. The monoisotopic (exact) mass is 302 g/mol. The number of amides is 1. The Morgan fingerprint density at radius 1 is 1.23 bits per heavy atom. The molecule has 1 saturated heterocycles. The Hall–Kier alpha value is -1.68. The molecule has 1 aromatic rings. The molecule has 4 heteroatoms. The molecule has 22 heavy (non-hydrogen) atoms. The average molecular weight is 302 g/mol. The summed E-state index contributed by atoms with van der Waals surface area (Å²) in [5.74, 6) is 0.377. The van der Waals surface area contributed by atoms with E-state index in [2.05, 4.69) is 4.90 Å². The maximum absolute atomic E-state index is 12.5. The number of likely N-dealkylation sites (tertiary alicyclic amines) is 1. The Balaban J connectivity index is 1.88. The van der Waals surface area contributed by atoms with Gasteiger partial charge in [0.05, 0.1) is 0 Å². The average Bonchev–Trinajstić information content (AvgIpc) is 2.54. The SMILES string of the molecule is CN(C)CCCC(=O)C1CCCN(C(=O)c2ccccc2)C1. The molecule has 0 aliphatic carbocycles. The first-order chi connectivity index (χ1) is 10.6. The summed E-state index contributed by atoms with van der Waals surface area (Å²) in [7, 11) is 4.04. The minimum Gasteiger partial charge on any atom is -0.338 e. The van der Waals surface area contributed by atoms with Crippen LogP contribution in [0.3, 0.4) is 0 Å². The second kappa shape index (κ2) is 8.08. The predicted molar refractivity (Wildman–Crippen MR) is 87.9 cm³/mol. The van der Waals surface area contributed by atoms with Crippen LogP contribution in [-0.4, -0.2) is 55.2 Å². The number of Topliss-reactive ketones (excluding diaryl/α,β-unsaturated/α-hetero) is 1. The van der Waals surface area contributed by atoms with Crippen molar-refractivity contribution in [2.24, 2.45) is 5.92 Å². The van der Waals surface area contributed by atoms with Crippen molar-refractivity contribution in [1.29, 1.82) is 0 Å². The normalized spacial score (nSPS) is 18.5. The van der Waals surface area contributed by atoms with Crippen LogP contribution in [0.4, 0.5) is 0 Å². The van der Waals surface area contributed by atoms with E-state index in [-0.39, 0.29) is 11.8 Å². The van der Waals surface area contributed by atoms with Gasteiger partial charge in [-0.15, -0.1) is 0 Å². The molecule has 0 bridgehead atoms. The topological polar surface area (TPSA) is 40.6 Å². The summed E-state index contributed by atoms with van der Waals surface area (Å²) >= 11 is 0. The number of ketones is 1. The first kappa shape index (κ1) is 16.7. The highest BCUT2D eigenvalue weighted by atomic mass is 16.2. The van der Waals surface area contributed by atoms with Crippen LogP contribution in [0.25, 0.3) is 0 Å². The third-order valence-corrected chi connectivity index (χ3v) is 4.21. The number of hydrogen-bond acceptors (Lipinski definition) is 3. The molecule has 1 aromatic carbocycles. The summed E-state index contributed by atoms with van der Waals surface area (Å²) in [6.07, 6.45) is 3.35. The number of carbonyl (C=O) groups is 2. The van der Waals surface area contributed by atoms with Crippen LogP contribution < -0.4 is 0 Å². The Bertz CT molecular complexity index is 499. The van der Waals surface area contributed by atoms with Gasteiger partial charge in [-0.25, -0.2) is 0 Å². The van der Waals surface area contributed by atoms with Gasteiger partial charge in [0.1, 0.15) is 5.78 Å². The summed E-state index contributed by atoms with van der Waals surface area (Å²) < 4.78 is 0. The number of hydrogen-bond donors (Lipinski definition) is 0. The largest absolute Gasteiger partial charge is 0.338 e. The summed E-state index contributed by atoms with van der Waals surface area (Å²) in [5, 5.41) is 0. The minimum absolute atomic E-state index is 0.0172. The van der Waals surface area contributed by atoms with Crippen LogP contribution >= 0.6 is 0 Å². The van der Waals surface area contributed by atoms with E-state index in [1.54, 1.807) is 0 Å². The maximum Gasteiger partial charge on any atom is 0.253 e. The Morgan fingerprint density at radius 2 is 1.95 bits per heavy atom. The fourth-order valence-electron chi connectivity index (χ4n) is 2.96. The Kier molecular flexibility index (Phi) is 6.13. The zero-order valence-electron chi connectivity index (χ0n) is 13.6. The van der Waals surface area contributed by atoms with Crippen LogP contribution in [0, 0.1) is 5.92 Å². The van der Waals surface area contributed by atoms with Crippen molar-refractivity contribution in [3.05, 3.63) is 35.9 Å². The molecule has 0 saturated carbocycles. The highest BCUT2D eigenvalue weighted by Crippen LogP contribution is 2.21. The van der Waals surface area contributed by atoms with Gasteiger partial charge in [0.2, 0.25) is 0 Å². The fourth-order valence-corrected chi connectivity index (χ4v) is 2.96. The molecule has 1 heterocycles. The van der Waals surface area contributed by atoms with Crippen molar-refractivity contribution in [1.82, 2.24) is 9.80 Å². The van der Waals surface area contributed by atoms with Crippen molar-refractivity contribution in [2.45, 2.75) is 25.7 Å². The molecule has 1 amide bonds. The van der Waals surface area contributed by atoms with Crippen molar-refractivity contribution in [3.8, 4) is 0 Å². The first-order valence-electron chi connectivity index (χ1n) is 8.09. The van der Waals surface area contributed by atoms with Crippen LogP contribution in [0.1, 0.15) is 36.0 Å². The molecule has 1 aliphatic rings. The number of carbonyl (C=O) groups excluding carboxylic acids is 2. The van der Waals surface area contributed by atoms with E-state index >= 15 is 0 Å². The highest BCUT2D eigenvalue weighted by Gasteiger charge is 2.28. The van der Waals surface area contributed by atoms with Crippen LogP contribution in [0.5, 0.6) is 0 Å². The van der Waals surface area contributed by atoms with Crippen LogP contribution in [0.15, 0.2) is 30.3 Å². The summed E-state index contributed by atoms with van der Waals surface area (Å²) in [6.45, 7) is 2.27. The number of piperidine rings is 1. The minimum atomic E-state index is 0.0172. The summed E-state index contributed by atoms with van der Waals surface area (Å²) in [6, 6.07) is 9.34. The van der Waals surface area contributed by atoms with E-state index < -0.39 is 0 Å². The molecule has 0 N–H and O–H groups in total. The predicted octanol–water partition coefficient (Wildman–Crippen LogP) is 2.45. The molecule has 120 valence electrons. The second-order valence-corrected chi connectivity index (χ2v) is 6.33. The Morgan fingerprint density at radius 3 is 2.64 bits per heavy atom. The standard InChI is InChI=1S/C18H26N2O2/c1-19(2)12-7-11-17(21)16-10-6-13-20(14-16)18(22)15-8-4-3-5-9-15/h3-5,8-9,16H,6-7,10-14H2,1-2H3. The van der Waals surface area contributed by atoms with Crippen molar-refractivity contribution >= 4 is 11.7 Å². The smallest absolute Gasteiger partial charge is 0.253 e. The lowest BCUT2D eigenvalue weighted by Crippen LogP contribution is -2.42. The molecule has 1 aliphatic heterocycles. The zero-order valence-corrected chi connectivity index (χ0v) is 13.6. The van der Waals surface area contributed by atoms with E-state index in [1.165, 1.54) is 0 Å². The van der Waals surface area contributed by atoms with Crippen molar-refractivity contribution < 1.29 is 9.59 Å². The molecule has 4 nitrogen and oxygen atoms in total. The molecule has 0 aromatic heterocycles. The molecular weight excluding hydrogens is 276 g/mol. The van der Waals surface area contributed by atoms with Gasteiger partial charge in [0.15, 0.2) is 0 Å². The van der Waals surface area contributed by atoms with E-state index in [0.717, 1.165) is 32.4 Å². The Labute approximate surface area is 133 Å². The summed E-state index contributed by atoms with van der Waals surface area (Å²) in [5.41, 5.74) is 0.711. The van der Waals surface area contributed by atoms with E-state index in [0.29, 0.717) is 24.3 Å². The zero-order chi connectivity index (χ0) is 15.9. The third kappa shape index (κ3) is 4.67. The van der Waals surface area contributed by atoms with Crippen molar-refractivity contribution in [2.75, 3.05) is 33.7 Å². The quantitative estimate of drug-likeness (QED) is 0.810. The van der Waals surface area contributed by atoms with Gasteiger partial charge in [-0.05, 0) is 52.0 Å². The molecule has 0 spiro atoms. The number of rotatable bonds is 6. The van der Waals surface area contributed by atoms with Gasteiger partial charge in [0.25, 0.3) is 5.91 Å². The lowest BCUT2D eigenvalue weighted by molar-refractivity contribution is -0.124. The lowest BCUT2D eigenvalue weighted by Gasteiger charge is -2.32. The third-order valence-electron chi connectivity index (χ3n) is 4.21. The van der Waals surface area contributed by atoms with Crippen molar-refractivity contribution in [3.63, 3.8) is 0 Å². The molecule has 2 rings (SSSR count). The van der Waals surface area contributed by atoms with E-state index in [9.17, 15) is 9.59 Å². The van der Waals surface area contributed by atoms with Gasteiger partial charge >= 0.3 is 0 Å². The van der Waals surface area contributed by atoms with Crippen LogP contribution in [-0.2, 0) is 4.79 Å². The lowest BCUT2D eigenvalue weighted by atomic mass is 9.91. The second-order valence-electron chi connectivity index (χ2n) is 6.33.